The molecule has 13 nitrogen and oxygen atoms in total. The van der Waals surface area contributed by atoms with Gasteiger partial charge in [0.25, 0.3) is 23.5 Å². The number of amides is 4. The zero-order valence-corrected chi connectivity index (χ0v) is 23.4. The normalized spacial score (nSPS) is 15.3. The summed E-state index contributed by atoms with van der Waals surface area (Å²) in [5.74, 6) is -2.32. The Labute approximate surface area is 236 Å². The van der Waals surface area contributed by atoms with E-state index in [9.17, 15) is 24.0 Å². The molecule has 0 saturated carbocycles. The number of fused-ring (bicyclic) bond motifs is 1. The third-order valence-corrected chi connectivity index (χ3v) is 6.42. The Morgan fingerprint density at radius 1 is 1.05 bits per heavy atom. The first-order valence-corrected chi connectivity index (χ1v) is 12.9. The average molecular weight is 565 g/mol. The van der Waals surface area contributed by atoms with Gasteiger partial charge in [0, 0.05) is 37.4 Å². The summed E-state index contributed by atoms with van der Waals surface area (Å²) in [5, 5.41) is 0.189. The molecule has 0 radical (unpaired) electrons. The first-order valence-electron chi connectivity index (χ1n) is 12.9. The number of hydrogen-bond donors (Lipinski definition) is 3. The number of nitrogens with one attached hydrogen (secondary N) is 3. The molecule has 1 unspecified atom stereocenters. The molecule has 0 bridgehead atoms. The van der Waals surface area contributed by atoms with E-state index in [4.69, 9.17) is 9.47 Å². The lowest BCUT2D eigenvalue weighted by Crippen LogP contribution is -2.56. The van der Waals surface area contributed by atoms with Crippen LogP contribution in [0, 0.1) is 0 Å². The van der Waals surface area contributed by atoms with Gasteiger partial charge in [-0.15, -0.1) is 0 Å². The molecule has 1 atom stereocenters. The summed E-state index contributed by atoms with van der Waals surface area (Å²) in [6, 6.07) is 8.55. The molecular formula is C28H32N6O7. The van der Waals surface area contributed by atoms with Crippen molar-refractivity contribution in [3.63, 3.8) is 0 Å². The van der Waals surface area contributed by atoms with Crippen LogP contribution < -0.4 is 15.6 Å². The predicted molar refractivity (Wildman–Crippen MR) is 147 cm³/mol. The lowest BCUT2D eigenvalue weighted by molar-refractivity contribution is -0.128. The maximum atomic E-state index is 13.4. The number of piperazine rings is 1. The van der Waals surface area contributed by atoms with E-state index in [1.54, 1.807) is 49.9 Å². The average Bonchev–Trinajstić information content (AvgIpc) is 3.39. The minimum Gasteiger partial charge on any atom is -0.494 e. The van der Waals surface area contributed by atoms with Gasteiger partial charge in [-0.25, -0.2) is 15.2 Å². The number of aromatic amines is 1. The fourth-order valence-corrected chi connectivity index (χ4v) is 4.54. The Balaban J connectivity index is 1.51. The number of aromatic nitrogens is 2. The number of ketones is 1. The zero-order valence-electron chi connectivity index (χ0n) is 23.4. The number of carbonyl (C=O) groups is 5. The highest BCUT2D eigenvalue weighted by Crippen LogP contribution is 2.31. The highest BCUT2D eigenvalue weighted by molar-refractivity contribution is 6.45. The zero-order chi connectivity index (χ0) is 29.9. The molecule has 1 aromatic carbocycles. The quantitative estimate of drug-likeness (QED) is 0.241. The molecule has 1 aliphatic rings. The van der Waals surface area contributed by atoms with Gasteiger partial charge >= 0.3 is 6.09 Å². The molecular weight excluding hydrogens is 532 g/mol. The number of nitrogens with zero attached hydrogens (tertiary/aromatic N) is 3. The SMILES string of the molecule is COc1cnc(C(=O)NNC(=O)OC(C)(C)C)c2[nH]cc(C(=O)C(=O)N3CCN(C(=O)c4ccccc4)C(C)C3)c12. The number of methoxy groups -OCH3 is 1. The molecule has 216 valence electrons. The Hall–Kier alpha value is -4.94. The number of H-pyrrole nitrogens is 1. The fraction of sp³-hybridized carbons (Fsp3) is 0.357. The largest absolute Gasteiger partial charge is 0.494 e. The molecule has 13 heteroatoms. The summed E-state index contributed by atoms with van der Waals surface area (Å²) in [6.45, 7) is 7.46. The molecule has 0 aliphatic carbocycles. The van der Waals surface area contributed by atoms with Gasteiger partial charge in [0.15, 0.2) is 5.69 Å². The number of ether oxygens (including phenoxy) is 2. The Morgan fingerprint density at radius 2 is 1.76 bits per heavy atom. The third kappa shape index (κ3) is 6.29. The maximum absolute atomic E-state index is 13.4. The van der Waals surface area contributed by atoms with Crippen LogP contribution in [0.5, 0.6) is 5.75 Å². The van der Waals surface area contributed by atoms with E-state index in [1.807, 2.05) is 13.0 Å². The van der Waals surface area contributed by atoms with Gasteiger partial charge in [0.1, 0.15) is 11.4 Å². The summed E-state index contributed by atoms with van der Waals surface area (Å²) in [4.78, 5) is 74.4. The van der Waals surface area contributed by atoms with Crippen LogP contribution in [0.2, 0.25) is 0 Å². The number of hydrazine groups is 1. The first-order chi connectivity index (χ1) is 19.4. The van der Waals surface area contributed by atoms with E-state index in [0.717, 1.165) is 0 Å². The van der Waals surface area contributed by atoms with Crippen LogP contribution in [-0.4, -0.2) is 87.8 Å². The summed E-state index contributed by atoms with van der Waals surface area (Å²) in [5.41, 5.74) is 4.12. The van der Waals surface area contributed by atoms with E-state index < -0.39 is 29.3 Å². The second-order valence-electron chi connectivity index (χ2n) is 10.5. The smallest absolute Gasteiger partial charge is 0.426 e. The van der Waals surface area contributed by atoms with E-state index in [2.05, 4.69) is 20.8 Å². The van der Waals surface area contributed by atoms with Gasteiger partial charge in [-0.05, 0) is 39.8 Å². The highest BCUT2D eigenvalue weighted by atomic mass is 16.6. The van der Waals surface area contributed by atoms with Crippen LogP contribution in [0.25, 0.3) is 10.9 Å². The molecule has 2 aromatic heterocycles. The fourth-order valence-electron chi connectivity index (χ4n) is 4.54. The molecule has 1 saturated heterocycles. The second-order valence-corrected chi connectivity index (χ2v) is 10.5. The lowest BCUT2D eigenvalue weighted by Gasteiger charge is -2.39. The molecule has 1 fully saturated rings. The van der Waals surface area contributed by atoms with Crippen molar-refractivity contribution >= 4 is 40.5 Å². The van der Waals surface area contributed by atoms with Crippen LogP contribution >= 0.6 is 0 Å². The van der Waals surface area contributed by atoms with Gasteiger partial charge < -0.3 is 24.3 Å². The molecule has 41 heavy (non-hydrogen) atoms. The summed E-state index contributed by atoms with van der Waals surface area (Å²) in [7, 11) is 1.37. The van der Waals surface area contributed by atoms with Crippen molar-refractivity contribution < 1.29 is 33.4 Å². The topological polar surface area (TPSA) is 163 Å². The Bertz CT molecular complexity index is 1490. The van der Waals surface area contributed by atoms with Gasteiger partial charge in [-0.2, -0.15) is 0 Å². The minimum atomic E-state index is -0.872. The second kappa shape index (κ2) is 11.7. The van der Waals surface area contributed by atoms with Gasteiger partial charge in [-0.1, -0.05) is 18.2 Å². The number of carbonyl (C=O) groups excluding carboxylic acids is 5. The van der Waals surface area contributed by atoms with Crippen molar-refractivity contribution in [1.29, 1.82) is 0 Å². The predicted octanol–water partition coefficient (Wildman–Crippen LogP) is 2.30. The number of hydrogen-bond acceptors (Lipinski definition) is 8. The highest BCUT2D eigenvalue weighted by Gasteiger charge is 2.34. The number of benzene rings is 1. The van der Waals surface area contributed by atoms with Crippen molar-refractivity contribution in [1.82, 2.24) is 30.6 Å². The van der Waals surface area contributed by atoms with E-state index in [1.165, 1.54) is 24.4 Å². The monoisotopic (exact) mass is 564 g/mol. The van der Waals surface area contributed by atoms with Crippen molar-refractivity contribution in [3.05, 3.63) is 59.5 Å². The number of Topliss-reactive ketones (excluding diaryl/α,β-unsaturated/α-hetero) is 1. The summed E-state index contributed by atoms with van der Waals surface area (Å²) >= 11 is 0. The van der Waals surface area contributed by atoms with Crippen LogP contribution in [0.1, 0.15) is 58.9 Å². The Morgan fingerprint density at radius 3 is 2.39 bits per heavy atom. The van der Waals surface area contributed by atoms with Gasteiger partial charge in [0.05, 0.1) is 29.8 Å². The van der Waals surface area contributed by atoms with E-state index in [-0.39, 0.29) is 59.5 Å². The van der Waals surface area contributed by atoms with E-state index >= 15 is 0 Å². The molecule has 3 N–H and O–H groups in total. The standard InChI is InChI=1S/C28H32N6O7/c1-16-15-33(11-12-34(16)25(37)17-9-7-6-8-10-17)26(38)23(35)18-13-29-21-20(18)19(40-5)14-30-22(21)24(36)31-32-27(39)41-28(2,3)4/h6-10,13-14,16,29H,11-12,15H2,1-5H3,(H,31,36)(H,32,39). The molecule has 4 amide bonds. The molecule has 1 aliphatic heterocycles. The minimum absolute atomic E-state index is 0.00570. The van der Waals surface area contributed by atoms with Crippen LogP contribution in [0.4, 0.5) is 4.79 Å². The number of pyridine rings is 1. The lowest BCUT2D eigenvalue weighted by atomic mass is 10.1. The maximum Gasteiger partial charge on any atom is 0.426 e. The summed E-state index contributed by atoms with van der Waals surface area (Å²) < 4.78 is 10.5. The van der Waals surface area contributed by atoms with Crippen molar-refractivity contribution in [2.24, 2.45) is 0 Å². The van der Waals surface area contributed by atoms with Crippen LogP contribution in [0.15, 0.2) is 42.7 Å². The van der Waals surface area contributed by atoms with Crippen molar-refractivity contribution in [3.8, 4) is 5.75 Å². The van der Waals surface area contributed by atoms with Crippen LogP contribution in [-0.2, 0) is 9.53 Å². The summed E-state index contributed by atoms with van der Waals surface area (Å²) in [6.07, 6.45) is 1.69. The van der Waals surface area contributed by atoms with Crippen LogP contribution in [0.3, 0.4) is 0 Å². The molecule has 3 heterocycles. The van der Waals surface area contributed by atoms with Gasteiger partial charge in [0.2, 0.25) is 0 Å². The molecule has 4 rings (SSSR count). The third-order valence-electron chi connectivity index (χ3n) is 6.42. The van der Waals surface area contributed by atoms with Crippen molar-refractivity contribution in [2.45, 2.75) is 39.3 Å². The Kier molecular flexibility index (Phi) is 8.26. The van der Waals surface area contributed by atoms with E-state index in [0.29, 0.717) is 5.56 Å². The molecule has 3 aromatic rings. The first kappa shape index (κ1) is 29.1. The molecule has 0 spiro atoms. The number of rotatable bonds is 5. The van der Waals surface area contributed by atoms with Gasteiger partial charge in [-0.3, -0.25) is 24.6 Å². The van der Waals surface area contributed by atoms with Crippen molar-refractivity contribution in [2.75, 3.05) is 26.7 Å².